The molecule has 2 aliphatic heterocycles. The number of nitrogens with one attached hydrogen (secondary N) is 2. The fraction of sp³-hybridized carbons (Fsp3) is 0.556. The maximum atomic E-state index is 13.7. The lowest BCUT2D eigenvalue weighted by molar-refractivity contribution is -0.138. The first kappa shape index (κ1) is 92.3. The highest BCUT2D eigenvalue weighted by Crippen LogP contribution is 2.35. The number of fused-ring (bicyclic) bond motifs is 6. The third kappa shape index (κ3) is 31.0. The summed E-state index contributed by atoms with van der Waals surface area (Å²) >= 11 is 0. The number of benzene rings is 6. The molecule has 0 unspecified atom stereocenters. The first-order chi connectivity index (χ1) is 55.8. The number of aryl methyl sites for hydroxylation is 2. The van der Waals surface area contributed by atoms with Crippen molar-refractivity contribution in [2.75, 3.05) is 245 Å². The molecule has 2 aliphatic rings. The second-order valence-corrected chi connectivity index (χ2v) is 27.1. The van der Waals surface area contributed by atoms with E-state index < -0.39 is 76.0 Å². The van der Waals surface area contributed by atoms with Crippen LogP contribution in [0.3, 0.4) is 0 Å². The summed E-state index contributed by atoms with van der Waals surface area (Å²) in [4.78, 5) is 48.8. The molecule has 6 aromatic carbocycles. The highest BCUT2D eigenvalue weighted by Gasteiger charge is 2.24. The number of aromatic amines is 2. The number of unbranched alkanes of at least 4 members (excludes halogenated alkanes) is 2. The number of imidazole rings is 2. The van der Waals surface area contributed by atoms with Gasteiger partial charge in [0.25, 0.3) is 0 Å². The minimum absolute atomic E-state index is 0.00362. The minimum atomic E-state index is -1.79. The van der Waals surface area contributed by atoms with Gasteiger partial charge in [0.05, 0.1) is 198 Å². The van der Waals surface area contributed by atoms with E-state index in [1.54, 1.807) is 0 Å². The molecule has 10 rings (SSSR count). The number of nitrogens with two attached hydrogens (primary N) is 2. The summed E-state index contributed by atoms with van der Waals surface area (Å²) in [5.41, 5.74) is 19.5. The Bertz CT molecular complexity index is 4180. The van der Waals surface area contributed by atoms with E-state index in [4.69, 9.17) is 88.5 Å². The fourth-order valence-corrected chi connectivity index (χ4v) is 12.4. The molecule has 8 N–H and O–H groups in total. The van der Waals surface area contributed by atoms with E-state index in [0.29, 0.717) is 132 Å². The van der Waals surface area contributed by atoms with Crippen molar-refractivity contribution >= 4 is 78.1 Å². The molecule has 2 saturated heterocycles. The number of hydrogen-bond acceptors (Lipinski definition) is 23. The molecule has 0 amide bonds. The molecule has 34 heteroatoms. The predicted octanol–water partition coefficient (Wildman–Crippen LogP) is 10.9. The fourth-order valence-electron chi connectivity index (χ4n) is 12.4. The molecule has 8 aromatic rings. The molecule has 4 heterocycles. The number of rotatable bonds is 52. The van der Waals surface area contributed by atoms with Crippen LogP contribution in [0, 0.1) is 46.5 Å². The average Bonchev–Trinajstić information content (AvgIpc) is 1.66. The lowest BCUT2D eigenvalue weighted by Crippen LogP contribution is -2.47. The monoisotopic (exact) mass is 1630 g/mol. The molecular weight excluding hydrogens is 1520 g/mol. The molecule has 0 atom stereocenters. The van der Waals surface area contributed by atoms with Crippen molar-refractivity contribution in [1.82, 2.24) is 29.7 Å². The molecule has 115 heavy (non-hydrogen) atoms. The Hall–Kier alpha value is -8.20. The summed E-state index contributed by atoms with van der Waals surface area (Å²) in [7, 11) is 0. The van der Waals surface area contributed by atoms with E-state index in [0.717, 1.165) is 171 Å². The highest BCUT2D eigenvalue weighted by atomic mass is 19.2. The number of carboxylic acid groups (broad SMARTS) is 1. The summed E-state index contributed by atoms with van der Waals surface area (Å²) in [6.07, 6.45) is 5.40. The van der Waals surface area contributed by atoms with Crippen molar-refractivity contribution in [3.05, 3.63) is 124 Å². The lowest BCUT2D eigenvalue weighted by atomic mass is 10.1. The van der Waals surface area contributed by atoms with Gasteiger partial charge in [0.2, 0.25) is 11.6 Å². The zero-order chi connectivity index (χ0) is 82.1. The number of carbonyl (C=O) groups excluding carboxylic acids is 1. The van der Waals surface area contributed by atoms with Gasteiger partial charge in [0.1, 0.15) is 17.4 Å². The van der Waals surface area contributed by atoms with Crippen molar-refractivity contribution in [1.29, 1.82) is 0 Å². The van der Waals surface area contributed by atoms with E-state index in [1.807, 2.05) is 12.1 Å². The van der Waals surface area contributed by atoms with Gasteiger partial charge in [0.15, 0.2) is 40.7 Å². The van der Waals surface area contributed by atoms with Crippen LogP contribution < -0.4 is 21.3 Å². The van der Waals surface area contributed by atoms with Crippen LogP contribution in [0.25, 0.3) is 43.6 Å². The van der Waals surface area contributed by atoms with Crippen LogP contribution in [0.15, 0.2) is 60.7 Å². The van der Waals surface area contributed by atoms with E-state index in [9.17, 15) is 44.7 Å². The highest BCUT2D eigenvalue weighted by molar-refractivity contribution is 6.11. The van der Waals surface area contributed by atoms with E-state index in [-0.39, 0.29) is 51.4 Å². The molecule has 2 fully saturated rings. The largest absolute Gasteiger partial charge is 0.503 e. The number of aliphatic carboxylic acids is 1. The van der Waals surface area contributed by atoms with E-state index in [1.165, 1.54) is 11.4 Å². The number of aromatic hydroxyl groups is 1. The molecule has 0 aliphatic carbocycles. The number of hydrogen-bond donors (Lipinski definition) is 6. The SMILES string of the molecule is CCCCc1nc2c([nH]1)c(N)cc1ccc(N3CCN(CCOCCOCCOCCOCCOCCOCCC(=O)Cc4c(F)c(F)cc(F)c4F)CC3)cc12.CCCCc1nc2c([nH]1)c(N)cc1ccc(N3CCN(CCOCCOCCOCCOCCOCCOCCC(=O)O)CC3)cc12.Oc1c(F)c(F)cc(F)c1F. The van der Waals surface area contributed by atoms with Crippen molar-refractivity contribution < 1.29 is 112 Å². The number of halogens is 8. The van der Waals surface area contributed by atoms with E-state index >= 15 is 0 Å². The number of carboxylic acids is 1. The van der Waals surface area contributed by atoms with Gasteiger partial charge < -0.3 is 98.3 Å². The number of phenolic OH excluding ortho intramolecular Hbond substituents is 1. The average molecular weight is 1630 g/mol. The molecule has 0 saturated carbocycles. The van der Waals surface area contributed by atoms with Crippen LogP contribution in [0.1, 0.15) is 69.6 Å². The summed E-state index contributed by atoms with van der Waals surface area (Å²) in [6.45, 7) is 24.2. The lowest BCUT2D eigenvalue weighted by Gasteiger charge is -2.36. The second kappa shape index (κ2) is 51.1. The van der Waals surface area contributed by atoms with Gasteiger partial charge in [0, 0.05) is 131 Å². The number of nitrogens with zero attached hydrogens (tertiary/aromatic N) is 6. The number of piperazine rings is 2. The zero-order valence-corrected chi connectivity index (χ0v) is 65.7. The zero-order valence-electron chi connectivity index (χ0n) is 65.7. The quantitative estimate of drug-likeness (QED) is 0.00893. The van der Waals surface area contributed by atoms with Gasteiger partial charge in [-0.3, -0.25) is 19.4 Å². The smallest absolute Gasteiger partial charge is 0.305 e. The normalized spacial score (nSPS) is 13.5. The van der Waals surface area contributed by atoms with Crippen molar-refractivity contribution in [2.45, 2.75) is 71.6 Å². The third-order valence-electron chi connectivity index (χ3n) is 18.8. The molecule has 2 aromatic heterocycles. The van der Waals surface area contributed by atoms with Crippen molar-refractivity contribution in [2.24, 2.45) is 0 Å². The van der Waals surface area contributed by atoms with Crippen LogP contribution in [-0.4, -0.2) is 276 Å². The number of H-pyrrole nitrogens is 2. The standard InChI is InChI=1S/C41H55F4N5O7.C34H53N5O8.C6H2F4O/c1-2-3-4-37-47-40-32-26-30(6-5-29(32)25-36(46)41(40)48-37)50-10-8-49(9-11-50)12-14-53-16-18-55-20-22-57-24-23-56-21-19-54-17-15-52-13-7-31(51)27-33-38(44)34(42)28-35(43)39(33)45;1-2-3-4-31-36-33-29-26-28(6-5-27(29)25-30(35)34(33)37-31)39-10-8-38(9-11-39)12-14-43-16-18-45-20-22-47-24-23-46-21-19-44-17-15-42-13-7-32(40)41;7-2-1-3(8)5(10)6(11)4(2)9/h5-6,25-26,28H,2-4,7-24,27,46H2,1H3,(H,47,48);5-6,25-26H,2-4,7-24,35H2,1H3,(H,36,37)(H,40,41);1,11H. The Morgan fingerprint density at radius 2 is 0.730 bits per heavy atom. The Morgan fingerprint density at radius 3 is 1.06 bits per heavy atom. The Balaban J connectivity index is 0.000000257. The van der Waals surface area contributed by atoms with Crippen molar-refractivity contribution in [3.8, 4) is 5.75 Å². The second-order valence-electron chi connectivity index (χ2n) is 27.1. The maximum absolute atomic E-state index is 13.7. The van der Waals surface area contributed by atoms with Gasteiger partial charge in [-0.15, -0.1) is 0 Å². The summed E-state index contributed by atoms with van der Waals surface area (Å²) in [5, 5.41) is 21.4. The van der Waals surface area contributed by atoms with Crippen LogP contribution in [0.4, 0.5) is 57.9 Å². The number of carbonyl (C=O) groups is 2. The number of ether oxygens (including phenoxy) is 12. The maximum Gasteiger partial charge on any atom is 0.305 e. The first-order valence-electron chi connectivity index (χ1n) is 39.2. The molecule has 0 spiro atoms. The third-order valence-corrected chi connectivity index (χ3v) is 18.8. The molecule has 0 bridgehead atoms. The summed E-state index contributed by atoms with van der Waals surface area (Å²) < 4.78 is 168. The van der Waals surface area contributed by atoms with Crippen LogP contribution in [0.2, 0.25) is 0 Å². The van der Waals surface area contributed by atoms with Gasteiger partial charge in [-0.05, 0) is 60.0 Å². The number of aromatic nitrogens is 4. The Morgan fingerprint density at radius 1 is 0.417 bits per heavy atom. The van der Waals surface area contributed by atoms with Gasteiger partial charge in [-0.2, -0.15) is 8.78 Å². The molecule has 0 radical (unpaired) electrons. The Labute approximate surface area is 664 Å². The van der Waals surface area contributed by atoms with Crippen LogP contribution >= 0.6 is 0 Å². The van der Waals surface area contributed by atoms with Gasteiger partial charge in [-0.1, -0.05) is 38.8 Å². The molecule has 636 valence electrons. The molecule has 26 nitrogen and oxygen atoms in total. The minimum Gasteiger partial charge on any atom is -0.503 e. The number of ketones is 1. The number of Topliss-reactive ketones (excluding diaryl/α,β-unsaturated/α-hetero) is 1. The van der Waals surface area contributed by atoms with Gasteiger partial charge >= 0.3 is 5.97 Å². The molecular formula is C81H110F8N10O16. The summed E-state index contributed by atoms with van der Waals surface area (Å²) in [6, 6.07) is 17.4. The number of nitrogen functional groups attached to an aromatic ring is 2. The number of phenols is 1. The van der Waals surface area contributed by atoms with E-state index in [2.05, 4.69) is 79.8 Å². The van der Waals surface area contributed by atoms with Crippen LogP contribution in [0.5, 0.6) is 5.75 Å². The number of anilines is 4. The Kier molecular flexibility index (Phi) is 41.0. The van der Waals surface area contributed by atoms with Gasteiger partial charge in [-0.25, -0.2) is 36.3 Å². The first-order valence-corrected chi connectivity index (χ1v) is 39.2. The summed E-state index contributed by atoms with van der Waals surface area (Å²) in [5.74, 6) is -14.2. The van der Waals surface area contributed by atoms with Crippen molar-refractivity contribution in [3.63, 3.8) is 0 Å². The topological polar surface area (TPSA) is 308 Å². The van der Waals surface area contributed by atoms with Crippen LogP contribution in [-0.2, 0) is 85.7 Å². The predicted molar refractivity (Wildman–Crippen MR) is 420 cm³/mol.